The van der Waals surface area contributed by atoms with Crippen LogP contribution in [0.3, 0.4) is 0 Å². The van der Waals surface area contributed by atoms with Crippen LogP contribution in [0.1, 0.15) is 18.4 Å². The van der Waals surface area contributed by atoms with Crippen LogP contribution in [-0.4, -0.2) is 33.8 Å². The van der Waals surface area contributed by atoms with Gasteiger partial charge in [0.1, 0.15) is 5.82 Å². The zero-order chi connectivity index (χ0) is 18.7. The predicted molar refractivity (Wildman–Crippen MR) is 97.9 cm³/mol. The third kappa shape index (κ3) is 4.60. The lowest BCUT2D eigenvalue weighted by atomic mass is 9.90. The van der Waals surface area contributed by atoms with E-state index in [2.05, 4.69) is 10.4 Å². The van der Waals surface area contributed by atoms with E-state index >= 15 is 0 Å². The van der Waals surface area contributed by atoms with Crippen LogP contribution in [0.15, 0.2) is 35.1 Å². The Morgan fingerprint density at radius 2 is 2.04 bits per heavy atom. The van der Waals surface area contributed by atoms with Crippen molar-refractivity contribution in [2.24, 2.45) is 13.0 Å². The van der Waals surface area contributed by atoms with Gasteiger partial charge in [0.15, 0.2) is 5.82 Å². The van der Waals surface area contributed by atoms with E-state index in [0.717, 1.165) is 24.8 Å². The molecule has 6 nitrogen and oxygen atoms in total. The highest BCUT2D eigenvalue weighted by molar-refractivity contribution is 6.30. The van der Waals surface area contributed by atoms with Crippen LogP contribution in [0.25, 0.3) is 0 Å². The van der Waals surface area contributed by atoms with Crippen LogP contribution in [0.2, 0.25) is 5.02 Å². The third-order valence-electron chi connectivity index (χ3n) is 4.54. The van der Waals surface area contributed by atoms with E-state index in [1.54, 1.807) is 11.0 Å². The Kier molecular flexibility index (Phi) is 5.56. The number of benzene rings is 1. The Bertz CT molecular complexity index is 842. The van der Waals surface area contributed by atoms with E-state index in [4.69, 9.17) is 11.6 Å². The molecular formula is C18H20ClFN4O2. The number of hydrogen-bond acceptors (Lipinski definition) is 3. The van der Waals surface area contributed by atoms with Crippen LogP contribution in [0.4, 0.5) is 15.0 Å². The number of halogens is 2. The molecule has 0 unspecified atom stereocenters. The van der Waals surface area contributed by atoms with Crippen molar-refractivity contribution in [3.63, 3.8) is 0 Å². The summed E-state index contributed by atoms with van der Waals surface area (Å²) >= 11 is 5.90. The van der Waals surface area contributed by atoms with E-state index in [9.17, 15) is 14.0 Å². The summed E-state index contributed by atoms with van der Waals surface area (Å²) in [6.45, 7) is 1.23. The first-order valence-electron chi connectivity index (χ1n) is 8.46. The van der Waals surface area contributed by atoms with Gasteiger partial charge in [0.2, 0.25) is 0 Å². The predicted octanol–water partition coefficient (Wildman–Crippen LogP) is 3.06. The number of carbonyl (C=O) groups excluding carboxylic acids is 1. The number of urea groups is 1. The number of amides is 2. The molecule has 1 fully saturated rings. The average molecular weight is 379 g/mol. The Balaban J connectivity index is 1.53. The molecule has 8 heteroatoms. The molecule has 0 bridgehead atoms. The molecule has 2 amide bonds. The molecule has 138 valence electrons. The first-order valence-corrected chi connectivity index (χ1v) is 8.84. The van der Waals surface area contributed by atoms with Crippen LogP contribution in [-0.2, 0) is 13.5 Å². The maximum Gasteiger partial charge on any atom is 0.323 e. The van der Waals surface area contributed by atoms with Gasteiger partial charge < -0.3 is 4.90 Å². The minimum atomic E-state index is -0.325. The second-order valence-electron chi connectivity index (χ2n) is 6.52. The summed E-state index contributed by atoms with van der Waals surface area (Å²) in [7, 11) is 1.53. The quantitative estimate of drug-likeness (QED) is 0.892. The van der Waals surface area contributed by atoms with Crippen molar-refractivity contribution >= 4 is 23.4 Å². The summed E-state index contributed by atoms with van der Waals surface area (Å²) in [5.41, 5.74) is 0.647. The molecule has 1 N–H and O–H groups in total. The van der Waals surface area contributed by atoms with Gasteiger partial charge in [0, 0.05) is 31.2 Å². The fraction of sp³-hybridized carbons (Fsp3) is 0.389. The van der Waals surface area contributed by atoms with E-state index in [1.165, 1.54) is 36.0 Å². The molecule has 0 spiro atoms. The summed E-state index contributed by atoms with van der Waals surface area (Å²) in [4.78, 5) is 25.4. The number of rotatable bonds is 3. The van der Waals surface area contributed by atoms with Gasteiger partial charge in [0.05, 0.1) is 0 Å². The van der Waals surface area contributed by atoms with E-state index < -0.39 is 0 Å². The molecule has 1 aliphatic rings. The molecule has 0 saturated carbocycles. The fourth-order valence-corrected chi connectivity index (χ4v) is 3.40. The van der Waals surface area contributed by atoms with Crippen molar-refractivity contribution in [1.82, 2.24) is 14.7 Å². The smallest absolute Gasteiger partial charge is 0.323 e. The van der Waals surface area contributed by atoms with Crippen LogP contribution >= 0.6 is 11.6 Å². The van der Waals surface area contributed by atoms with Gasteiger partial charge in [-0.25, -0.2) is 13.9 Å². The number of anilines is 1. The van der Waals surface area contributed by atoms with Gasteiger partial charge in [-0.05, 0) is 55.0 Å². The molecular weight excluding hydrogens is 359 g/mol. The number of likely N-dealkylation sites (tertiary alicyclic amines) is 1. The van der Waals surface area contributed by atoms with Crippen LogP contribution in [0, 0.1) is 11.7 Å². The van der Waals surface area contributed by atoms with E-state index in [0.29, 0.717) is 29.8 Å². The van der Waals surface area contributed by atoms with Gasteiger partial charge >= 0.3 is 6.03 Å². The number of nitrogens with zero attached hydrogens (tertiary/aromatic N) is 3. The van der Waals surface area contributed by atoms with Crippen molar-refractivity contribution in [2.75, 3.05) is 18.4 Å². The molecule has 1 aliphatic heterocycles. The Labute approximate surface area is 155 Å². The summed E-state index contributed by atoms with van der Waals surface area (Å²) in [6.07, 6.45) is 2.42. The maximum atomic E-state index is 13.4. The second-order valence-corrected chi connectivity index (χ2v) is 6.96. The minimum absolute atomic E-state index is 0.233. The number of nitrogens with one attached hydrogen (secondary N) is 1. The summed E-state index contributed by atoms with van der Waals surface area (Å²) in [6, 6.07) is 7.21. The minimum Gasteiger partial charge on any atom is -0.324 e. The number of hydrogen-bond donors (Lipinski definition) is 1. The molecule has 0 radical (unpaired) electrons. The number of piperidine rings is 1. The van der Waals surface area contributed by atoms with Crippen molar-refractivity contribution in [3.05, 3.63) is 57.1 Å². The molecule has 26 heavy (non-hydrogen) atoms. The zero-order valence-corrected chi connectivity index (χ0v) is 15.2. The molecule has 1 aromatic heterocycles. The first-order chi connectivity index (χ1) is 12.4. The van der Waals surface area contributed by atoms with Gasteiger partial charge in [-0.1, -0.05) is 11.6 Å². The largest absolute Gasteiger partial charge is 0.324 e. The van der Waals surface area contributed by atoms with Crippen molar-refractivity contribution in [1.29, 1.82) is 0 Å². The molecule has 2 aromatic rings. The average Bonchev–Trinajstić information content (AvgIpc) is 2.58. The lowest BCUT2D eigenvalue weighted by Gasteiger charge is -2.32. The topological polar surface area (TPSA) is 67.2 Å². The summed E-state index contributed by atoms with van der Waals surface area (Å²) < 4.78 is 14.6. The number of carbonyl (C=O) groups is 1. The Morgan fingerprint density at radius 1 is 1.31 bits per heavy atom. The van der Waals surface area contributed by atoms with Crippen LogP contribution in [0.5, 0.6) is 0 Å². The van der Waals surface area contributed by atoms with Crippen molar-refractivity contribution < 1.29 is 9.18 Å². The summed E-state index contributed by atoms with van der Waals surface area (Å²) in [5, 5.41) is 7.10. The third-order valence-corrected chi connectivity index (χ3v) is 4.76. The normalized spacial score (nSPS) is 15.1. The SMILES string of the molecule is Cn1nc(NC(=O)N2CCC(Cc3cc(F)cc(Cl)c3)CC2)ccc1=O. The first kappa shape index (κ1) is 18.4. The number of aryl methyl sites for hydroxylation is 1. The van der Waals surface area contributed by atoms with Crippen molar-refractivity contribution in [3.8, 4) is 0 Å². The van der Waals surface area contributed by atoms with E-state index in [1.807, 2.05) is 0 Å². The molecule has 1 saturated heterocycles. The maximum absolute atomic E-state index is 13.4. The Morgan fingerprint density at radius 3 is 2.69 bits per heavy atom. The highest BCUT2D eigenvalue weighted by Gasteiger charge is 2.23. The fourth-order valence-electron chi connectivity index (χ4n) is 3.16. The molecule has 2 heterocycles. The highest BCUT2D eigenvalue weighted by Crippen LogP contribution is 2.24. The lowest BCUT2D eigenvalue weighted by Crippen LogP contribution is -2.41. The van der Waals surface area contributed by atoms with Gasteiger partial charge in [-0.3, -0.25) is 10.1 Å². The summed E-state index contributed by atoms with van der Waals surface area (Å²) in [5.74, 6) is 0.398. The van der Waals surface area contributed by atoms with Crippen LogP contribution < -0.4 is 10.9 Å². The molecule has 0 atom stereocenters. The highest BCUT2D eigenvalue weighted by atomic mass is 35.5. The molecule has 0 aliphatic carbocycles. The Hall–Kier alpha value is -2.41. The molecule has 1 aromatic carbocycles. The van der Waals surface area contributed by atoms with Crippen molar-refractivity contribution in [2.45, 2.75) is 19.3 Å². The standard InChI is InChI=1S/C18H20ClFN4O2/c1-23-17(25)3-2-16(22-23)21-18(26)24-6-4-12(5-7-24)8-13-9-14(19)11-15(20)10-13/h2-3,9-12H,4-8H2,1H3,(H,21,22,26). The van der Waals surface area contributed by atoms with E-state index in [-0.39, 0.29) is 17.4 Å². The van der Waals surface area contributed by atoms with Gasteiger partial charge in [-0.2, -0.15) is 5.10 Å². The monoisotopic (exact) mass is 378 g/mol. The molecule has 3 rings (SSSR count). The lowest BCUT2D eigenvalue weighted by molar-refractivity contribution is 0.182. The zero-order valence-electron chi connectivity index (χ0n) is 14.4. The van der Waals surface area contributed by atoms with Gasteiger partial charge in [0.25, 0.3) is 5.56 Å². The second kappa shape index (κ2) is 7.86. The van der Waals surface area contributed by atoms with Gasteiger partial charge in [-0.15, -0.1) is 0 Å². The number of aromatic nitrogens is 2.